The summed E-state index contributed by atoms with van der Waals surface area (Å²) in [5.41, 5.74) is 6.60. The highest BCUT2D eigenvalue weighted by Crippen LogP contribution is 2.25. The van der Waals surface area contributed by atoms with Crippen LogP contribution >= 0.6 is 11.6 Å². The summed E-state index contributed by atoms with van der Waals surface area (Å²) in [6.45, 7) is 0. The van der Waals surface area contributed by atoms with E-state index in [1.807, 2.05) is 0 Å². The van der Waals surface area contributed by atoms with Crippen molar-refractivity contribution in [2.24, 2.45) is 0 Å². The molecule has 1 heterocycles. The number of benzene rings is 1. The molecule has 8 heteroatoms. The van der Waals surface area contributed by atoms with Gasteiger partial charge in [-0.1, -0.05) is 16.8 Å². The Bertz CT molecular complexity index is 681. The second kappa shape index (κ2) is 4.58. The largest absolute Gasteiger partial charge is 0.398 e. The molecule has 2 N–H and O–H groups in total. The first-order valence-electron chi connectivity index (χ1n) is 4.91. The molecule has 0 radical (unpaired) electrons. The number of hydrogen-bond acceptors (Lipinski definition) is 6. The Morgan fingerprint density at radius 2 is 2.17 bits per heavy atom. The van der Waals surface area contributed by atoms with Crippen LogP contribution in [0.5, 0.6) is 0 Å². The maximum absolute atomic E-state index is 11.1. The SMILES string of the molecule is CS(=O)(=O)Cc1noc(-c2ccc(N)c(Cl)c2)n1. The lowest BCUT2D eigenvalue weighted by molar-refractivity contribution is 0.424. The van der Waals surface area contributed by atoms with Crippen molar-refractivity contribution >= 4 is 27.1 Å². The predicted molar refractivity (Wildman–Crippen MR) is 67.7 cm³/mol. The zero-order chi connectivity index (χ0) is 13.3. The van der Waals surface area contributed by atoms with Crippen molar-refractivity contribution in [1.82, 2.24) is 10.1 Å². The highest BCUT2D eigenvalue weighted by atomic mass is 35.5. The zero-order valence-electron chi connectivity index (χ0n) is 9.42. The average Bonchev–Trinajstić information content (AvgIpc) is 2.68. The summed E-state index contributed by atoms with van der Waals surface area (Å²) in [4.78, 5) is 3.98. The summed E-state index contributed by atoms with van der Waals surface area (Å²) in [6, 6.07) is 4.85. The summed E-state index contributed by atoms with van der Waals surface area (Å²) in [6.07, 6.45) is 1.10. The molecule has 0 amide bonds. The predicted octanol–water partition coefficient (Wildman–Crippen LogP) is 1.52. The van der Waals surface area contributed by atoms with E-state index in [0.29, 0.717) is 16.3 Å². The van der Waals surface area contributed by atoms with Gasteiger partial charge in [0.2, 0.25) is 0 Å². The van der Waals surface area contributed by atoms with E-state index in [1.165, 1.54) is 0 Å². The Morgan fingerprint density at radius 3 is 2.78 bits per heavy atom. The van der Waals surface area contributed by atoms with E-state index in [4.69, 9.17) is 21.9 Å². The molecule has 18 heavy (non-hydrogen) atoms. The molecule has 2 rings (SSSR count). The van der Waals surface area contributed by atoms with E-state index in [-0.39, 0.29) is 17.5 Å². The van der Waals surface area contributed by atoms with E-state index in [1.54, 1.807) is 18.2 Å². The molecular formula is C10H10ClN3O3S. The third-order valence-electron chi connectivity index (χ3n) is 2.11. The number of aromatic nitrogens is 2. The van der Waals surface area contributed by atoms with Gasteiger partial charge >= 0.3 is 0 Å². The van der Waals surface area contributed by atoms with E-state index >= 15 is 0 Å². The van der Waals surface area contributed by atoms with Crippen LogP contribution in [-0.4, -0.2) is 24.8 Å². The van der Waals surface area contributed by atoms with Crippen molar-refractivity contribution in [3.63, 3.8) is 0 Å². The van der Waals surface area contributed by atoms with Crippen LogP contribution < -0.4 is 5.73 Å². The van der Waals surface area contributed by atoms with E-state index in [2.05, 4.69) is 10.1 Å². The van der Waals surface area contributed by atoms with Crippen LogP contribution in [0.2, 0.25) is 5.02 Å². The lowest BCUT2D eigenvalue weighted by Crippen LogP contribution is -2.02. The van der Waals surface area contributed by atoms with Crippen LogP contribution in [0.3, 0.4) is 0 Å². The first kappa shape index (κ1) is 12.8. The maximum Gasteiger partial charge on any atom is 0.258 e. The number of sulfone groups is 1. The number of rotatable bonds is 3. The van der Waals surface area contributed by atoms with Crippen LogP contribution in [0.4, 0.5) is 5.69 Å². The second-order valence-corrected chi connectivity index (χ2v) is 6.37. The van der Waals surface area contributed by atoms with Crippen molar-refractivity contribution in [1.29, 1.82) is 0 Å². The second-order valence-electron chi connectivity index (χ2n) is 3.82. The summed E-state index contributed by atoms with van der Waals surface area (Å²) < 4.78 is 27.1. The minimum Gasteiger partial charge on any atom is -0.398 e. The van der Waals surface area contributed by atoms with Gasteiger partial charge in [-0.05, 0) is 18.2 Å². The Labute approximate surface area is 109 Å². The summed E-state index contributed by atoms with van der Waals surface area (Å²) in [7, 11) is -3.19. The fourth-order valence-corrected chi connectivity index (χ4v) is 2.09. The van der Waals surface area contributed by atoms with Crippen LogP contribution in [-0.2, 0) is 15.6 Å². The van der Waals surface area contributed by atoms with Crippen molar-refractivity contribution in [2.75, 3.05) is 12.0 Å². The molecule has 0 fully saturated rings. The third kappa shape index (κ3) is 2.99. The van der Waals surface area contributed by atoms with Gasteiger partial charge < -0.3 is 10.3 Å². The Hall–Kier alpha value is -1.60. The van der Waals surface area contributed by atoms with Crippen molar-refractivity contribution in [2.45, 2.75) is 5.75 Å². The molecule has 0 aliphatic rings. The molecule has 0 spiro atoms. The molecule has 1 aromatic carbocycles. The highest BCUT2D eigenvalue weighted by Gasteiger charge is 2.14. The summed E-state index contributed by atoms with van der Waals surface area (Å²) in [5.74, 6) is 0.0511. The standard InChI is InChI=1S/C10H10ClN3O3S/c1-18(15,16)5-9-13-10(17-14-9)6-2-3-8(12)7(11)4-6/h2-4H,5,12H2,1H3. The van der Waals surface area contributed by atoms with Crippen LogP contribution in [0, 0.1) is 0 Å². The molecule has 0 saturated heterocycles. The fraction of sp³-hybridized carbons (Fsp3) is 0.200. The number of anilines is 1. The van der Waals surface area contributed by atoms with E-state index < -0.39 is 9.84 Å². The minimum absolute atomic E-state index is 0.112. The monoisotopic (exact) mass is 287 g/mol. The summed E-state index contributed by atoms with van der Waals surface area (Å²) in [5, 5.41) is 3.96. The molecular weight excluding hydrogens is 278 g/mol. The molecule has 1 aromatic heterocycles. The van der Waals surface area contributed by atoms with Gasteiger partial charge in [0.1, 0.15) is 5.75 Å². The normalized spacial score (nSPS) is 11.7. The molecule has 0 aliphatic carbocycles. The average molecular weight is 288 g/mol. The molecule has 0 atom stereocenters. The zero-order valence-corrected chi connectivity index (χ0v) is 11.0. The number of halogens is 1. The smallest absolute Gasteiger partial charge is 0.258 e. The van der Waals surface area contributed by atoms with Crippen molar-refractivity contribution in [3.05, 3.63) is 29.0 Å². The van der Waals surface area contributed by atoms with Gasteiger partial charge in [-0.15, -0.1) is 0 Å². The van der Waals surface area contributed by atoms with Crippen LogP contribution in [0.1, 0.15) is 5.82 Å². The van der Waals surface area contributed by atoms with Crippen LogP contribution in [0.25, 0.3) is 11.5 Å². The number of nitrogen functional groups attached to an aromatic ring is 1. The Balaban J connectivity index is 2.32. The minimum atomic E-state index is -3.19. The van der Waals surface area contributed by atoms with Gasteiger partial charge in [0.25, 0.3) is 5.89 Å². The Kier molecular flexibility index (Phi) is 3.27. The molecule has 2 aromatic rings. The lowest BCUT2D eigenvalue weighted by Gasteiger charge is -1.98. The van der Waals surface area contributed by atoms with Crippen LogP contribution in [0.15, 0.2) is 22.7 Å². The van der Waals surface area contributed by atoms with Crippen molar-refractivity contribution in [3.8, 4) is 11.5 Å². The quantitative estimate of drug-likeness (QED) is 0.859. The molecule has 0 aliphatic heterocycles. The van der Waals surface area contributed by atoms with Gasteiger partial charge in [0.15, 0.2) is 15.7 Å². The van der Waals surface area contributed by atoms with E-state index in [9.17, 15) is 8.42 Å². The third-order valence-corrected chi connectivity index (χ3v) is 3.22. The van der Waals surface area contributed by atoms with Gasteiger partial charge in [-0.2, -0.15) is 4.98 Å². The Morgan fingerprint density at radius 1 is 1.44 bits per heavy atom. The van der Waals surface area contributed by atoms with E-state index in [0.717, 1.165) is 6.26 Å². The molecule has 0 bridgehead atoms. The topological polar surface area (TPSA) is 99.1 Å². The number of nitrogens with two attached hydrogens (primary N) is 1. The maximum atomic E-state index is 11.1. The molecule has 6 nitrogen and oxygen atoms in total. The first-order chi connectivity index (χ1) is 8.35. The van der Waals surface area contributed by atoms with Gasteiger partial charge in [-0.3, -0.25) is 0 Å². The highest BCUT2D eigenvalue weighted by molar-refractivity contribution is 7.89. The molecule has 96 valence electrons. The summed E-state index contributed by atoms with van der Waals surface area (Å²) >= 11 is 5.87. The molecule has 0 unspecified atom stereocenters. The van der Waals surface area contributed by atoms with Gasteiger partial charge in [-0.25, -0.2) is 8.42 Å². The van der Waals surface area contributed by atoms with Crippen molar-refractivity contribution < 1.29 is 12.9 Å². The molecule has 0 saturated carbocycles. The number of hydrogen-bond donors (Lipinski definition) is 1. The number of nitrogens with zero attached hydrogens (tertiary/aromatic N) is 2. The lowest BCUT2D eigenvalue weighted by atomic mass is 10.2. The first-order valence-corrected chi connectivity index (χ1v) is 7.35. The van der Waals surface area contributed by atoms with Gasteiger partial charge in [0, 0.05) is 11.8 Å². The fourth-order valence-electron chi connectivity index (χ4n) is 1.32. The van der Waals surface area contributed by atoms with Gasteiger partial charge in [0.05, 0.1) is 10.7 Å².